The van der Waals surface area contributed by atoms with Crippen LogP contribution in [0.15, 0.2) is 30.6 Å². The fourth-order valence-electron chi connectivity index (χ4n) is 1.52. The molecule has 0 aromatic carbocycles. The molecule has 84 valence electrons. The smallest absolute Gasteiger partial charge is 0.0679 e. The van der Waals surface area contributed by atoms with Gasteiger partial charge in [-0.15, -0.1) is 0 Å². The van der Waals surface area contributed by atoms with E-state index in [4.69, 9.17) is 0 Å². The first-order valence-electron chi connectivity index (χ1n) is 5.48. The summed E-state index contributed by atoms with van der Waals surface area (Å²) in [5.74, 6) is 0. The molecule has 0 saturated carbocycles. The van der Waals surface area contributed by atoms with Crippen molar-refractivity contribution in [3.63, 3.8) is 0 Å². The van der Waals surface area contributed by atoms with Gasteiger partial charge < -0.3 is 5.32 Å². The molecule has 0 aliphatic rings. The molecule has 0 amide bonds. The van der Waals surface area contributed by atoms with Crippen LogP contribution in [0.1, 0.15) is 18.3 Å². The molecular weight excluding hydrogens is 200 g/mol. The van der Waals surface area contributed by atoms with E-state index in [0.717, 1.165) is 30.2 Å². The fourth-order valence-corrected chi connectivity index (χ4v) is 1.52. The van der Waals surface area contributed by atoms with Gasteiger partial charge in [-0.1, -0.05) is 6.92 Å². The zero-order valence-corrected chi connectivity index (χ0v) is 9.64. The van der Waals surface area contributed by atoms with E-state index in [0.29, 0.717) is 0 Å². The number of rotatable bonds is 4. The monoisotopic (exact) mass is 216 g/mol. The molecule has 0 saturated heterocycles. The molecule has 2 aromatic rings. The first-order chi connectivity index (χ1) is 7.79. The maximum atomic E-state index is 4.37. The average molecular weight is 216 g/mol. The lowest BCUT2D eigenvalue weighted by Crippen LogP contribution is -2.13. The molecule has 0 aliphatic carbocycles. The van der Waals surface area contributed by atoms with Crippen LogP contribution >= 0.6 is 0 Å². The van der Waals surface area contributed by atoms with Crippen molar-refractivity contribution in [2.75, 3.05) is 6.54 Å². The van der Waals surface area contributed by atoms with Crippen LogP contribution in [0.4, 0.5) is 0 Å². The molecule has 2 heterocycles. The Bertz CT molecular complexity index is 462. The van der Waals surface area contributed by atoms with Gasteiger partial charge in [0.1, 0.15) is 0 Å². The average Bonchev–Trinajstić information content (AvgIpc) is 2.74. The molecule has 2 aromatic heterocycles. The van der Waals surface area contributed by atoms with E-state index in [2.05, 4.69) is 28.4 Å². The van der Waals surface area contributed by atoms with Gasteiger partial charge in [0, 0.05) is 18.9 Å². The number of nitrogens with one attached hydrogen (secondary N) is 1. The summed E-state index contributed by atoms with van der Waals surface area (Å²) in [6, 6.07) is 6.00. The maximum absolute atomic E-state index is 4.37. The Morgan fingerprint density at radius 2 is 2.25 bits per heavy atom. The van der Waals surface area contributed by atoms with Crippen LogP contribution in [0.25, 0.3) is 5.69 Å². The Kier molecular flexibility index (Phi) is 3.31. The quantitative estimate of drug-likeness (QED) is 0.845. The molecule has 2 rings (SSSR count). The Morgan fingerprint density at radius 1 is 1.38 bits per heavy atom. The lowest BCUT2D eigenvalue weighted by atomic mass is 10.3. The van der Waals surface area contributed by atoms with Crippen molar-refractivity contribution in [2.45, 2.75) is 20.4 Å². The second kappa shape index (κ2) is 4.90. The summed E-state index contributed by atoms with van der Waals surface area (Å²) in [6.45, 7) is 5.81. The van der Waals surface area contributed by atoms with Crippen molar-refractivity contribution in [2.24, 2.45) is 0 Å². The Balaban J connectivity index is 2.22. The van der Waals surface area contributed by atoms with E-state index in [9.17, 15) is 0 Å². The van der Waals surface area contributed by atoms with Gasteiger partial charge in [0.05, 0.1) is 17.1 Å². The molecule has 4 nitrogen and oxygen atoms in total. The highest BCUT2D eigenvalue weighted by atomic mass is 15.3. The van der Waals surface area contributed by atoms with Gasteiger partial charge in [-0.3, -0.25) is 4.98 Å². The number of pyridine rings is 1. The zero-order chi connectivity index (χ0) is 11.4. The minimum absolute atomic E-state index is 0.796. The first-order valence-corrected chi connectivity index (χ1v) is 5.48. The maximum Gasteiger partial charge on any atom is 0.0679 e. The summed E-state index contributed by atoms with van der Waals surface area (Å²) in [4.78, 5) is 4.31. The van der Waals surface area contributed by atoms with Crippen molar-refractivity contribution in [1.82, 2.24) is 20.1 Å². The fraction of sp³-hybridized carbons (Fsp3) is 0.333. The van der Waals surface area contributed by atoms with Crippen LogP contribution < -0.4 is 5.32 Å². The predicted octanol–water partition coefficient (Wildman–Crippen LogP) is 1.69. The van der Waals surface area contributed by atoms with Gasteiger partial charge in [-0.2, -0.15) is 5.10 Å². The molecule has 4 heteroatoms. The predicted molar refractivity (Wildman–Crippen MR) is 63.5 cm³/mol. The Hall–Kier alpha value is -1.68. The first kappa shape index (κ1) is 10.8. The summed E-state index contributed by atoms with van der Waals surface area (Å²) < 4.78 is 1.87. The Morgan fingerprint density at radius 3 is 2.94 bits per heavy atom. The molecule has 0 unspecified atom stereocenters. The SMILES string of the molecule is CCNCc1cc(-n2ccc(C)n2)ccn1. The van der Waals surface area contributed by atoms with Crippen molar-refractivity contribution < 1.29 is 0 Å². The number of aryl methyl sites for hydroxylation is 1. The molecule has 0 spiro atoms. The standard InChI is InChI=1S/C12H16N4/c1-3-13-9-11-8-12(4-6-14-11)16-7-5-10(2)15-16/h4-8,13H,3,9H2,1-2H3. The zero-order valence-electron chi connectivity index (χ0n) is 9.64. The lowest BCUT2D eigenvalue weighted by Gasteiger charge is -2.04. The number of hydrogen-bond acceptors (Lipinski definition) is 3. The third-order valence-electron chi connectivity index (χ3n) is 2.34. The second-order valence-corrected chi connectivity index (χ2v) is 3.69. The van der Waals surface area contributed by atoms with E-state index in [1.54, 1.807) is 0 Å². The van der Waals surface area contributed by atoms with Gasteiger partial charge in [0.25, 0.3) is 0 Å². The molecule has 0 radical (unpaired) electrons. The molecule has 0 bridgehead atoms. The summed E-state index contributed by atoms with van der Waals surface area (Å²) in [5, 5.41) is 7.63. The van der Waals surface area contributed by atoms with Crippen LogP contribution in [0.2, 0.25) is 0 Å². The number of aromatic nitrogens is 3. The molecule has 1 N–H and O–H groups in total. The molecule has 0 fully saturated rings. The van der Waals surface area contributed by atoms with Gasteiger partial charge >= 0.3 is 0 Å². The Labute approximate surface area is 95.3 Å². The van der Waals surface area contributed by atoms with Gasteiger partial charge in [-0.05, 0) is 31.7 Å². The van der Waals surface area contributed by atoms with Gasteiger partial charge in [0.2, 0.25) is 0 Å². The van der Waals surface area contributed by atoms with Crippen molar-refractivity contribution in [3.05, 3.63) is 42.0 Å². The summed E-state index contributed by atoms with van der Waals surface area (Å²) in [7, 11) is 0. The summed E-state index contributed by atoms with van der Waals surface area (Å²) in [5.41, 5.74) is 3.11. The van der Waals surface area contributed by atoms with Crippen molar-refractivity contribution in [1.29, 1.82) is 0 Å². The highest BCUT2D eigenvalue weighted by molar-refractivity contribution is 5.31. The van der Waals surface area contributed by atoms with E-state index < -0.39 is 0 Å². The molecule has 0 aliphatic heterocycles. The third-order valence-corrected chi connectivity index (χ3v) is 2.34. The minimum Gasteiger partial charge on any atom is -0.311 e. The van der Waals surface area contributed by atoms with Gasteiger partial charge in [0.15, 0.2) is 0 Å². The second-order valence-electron chi connectivity index (χ2n) is 3.69. The van der Waals surface area contributed by atoms with Crippen molar-refractivity contribution >= 4 is 0 Å². The third kappa shape index (κ3) is 2.46. The van der Waals surface area contributed by atoms with Crippen LogP contribution in [0.5, 0.6) is 0 Å². The molecule has 0 atom stereocenters. The van der Waals surface area contributed by atoms with E-state index in [1.165, 1.54) is 0 Å². The van der Waals surface area contributed by atoms with Crippen LogP contribution in [0, 0.1) is 6.92 Å². The van der Waals surface area contributed by atoms with E-state index >= 15 is 0 Å². The van der Waals surface area contributed by atoms with E-state index in [1.807, 2.05) is 36.1 Å². The molecule has 16 heavy (non-hydrogen) atoms. The largest absolute Gasteiger partial charge is 0.311 e. The van der Waals surface area contributed by atoms with Crippen molar-refractivity contribution in [3.8, 4) is 5.69 Å². The van der Waals surface area contributed by atoms with E-state index in [-0.39, 0.29) is 0 Å². The number of hydrogen-bond donors (Lipinski definition) is 1. The lowest BCUT2D eigenvalue weighted by molar-refractivity contribution is 0.708. The highest BCUT2D eigenvalue weighted by Gasteiger charge is 2.00. The summed E-state index contributed by atoms with van der Waals surface area (Å²) >= 11 is 0. The summed E-state index contributed by atoms with van der Waals surface area (Å²) in [6.07, 6.45) is 3.78. The van der Waals surface area contributed by atoms with Gasteiger partial charge in [-0.25, -0.2) is 4.68 Å². The minimum atomic E-state index is 0.796. The normalized spacial score (nSPS) is 10.6. The number of nitrogens with zero attached hydrogens (tertiary/aromatic N) is 3. The topological polar surface area (TPSA) is 42.7 Å². The highest BCUT2D eigenvalue weighted by Crippen LogP contribution is 2.08. The molecular formula is C12H16N4. The van der Waals surface area contributed by atoms with Crippen LogP contribution in [-0.4, -0.2) is 21.3 Å². The van der Waals surface area contributed by atoms with Crippen LogP contribution in [0.3, 0.4) is 0 Å². The van der Waals surface area contributed by atoms with Crippen LogP contribution in [-0.2, 0) is 6.54 Å².